The molecule has 3 rings (SSSR count). The van der Waals surface area contributed by atoms with E-state index < -0.39 is 0 Å². The van der Waals surface area contributed by atoms with Crippen molar-refractivity contribution in [2.24, 2.45) is 0 Å². The zero-order valence-electron chi connectivity index (χ0n) is 9.48. The second-order valence-corrected chi connectivity index (χ2v) is 4.32. The van der Waals surface area contributed by atoms with Crippen LogP contribution in [-0.2, 0) is 12.8 Å². The first kappa shape index (κ1) is 10.2. The lowest BCUT2D eigenvalue weighted by molar-refractivity contribution is 0.707. The van der Waals surface area contributed by atoms with Crippen LogP contribution < -0.4 is 11.5 Å². The van der Waals surface area contributed by atoms with Crippen molar-refractivity contribution in [2.75, 3.05) is 11.5 Å². The Morgan fingerprint density at radius 3 is 2.24 bits per heavy atom. The van der Waals surface area contributed by atoms with Crippen molar-refractivity contribution in [1.29, 1.82) is 0 Å². The Morgan fingerprint density at radius 2 is 1.47 bits per heavy atom. The van der Waals surface area contributed by atoms with Crippen LogP contribution in [0.1, 0.15) is 30.7 Å². The molecule has 0 atom stereocenters. The minimum atomic E-state index is 0.151. The second kappa shape index (κ2) is 3.80. The van der Waals surface area contributed by atoms with Gasteiger partial charge in [0, 0.05) is 0 Å². The summed E-state index contributed by atoms with van der Waals surface area (Å²) in [7, 11) is 0. The van der Waals surface area contributed by atoms with Gasteiger partial charge >= 0.3 is 0 Å². The third-order valence-corrected chi connectivity index (χ3v) is 3.06. The highest BCUT2D eigenvalue weighted by Gasteiger charge is 2.15. The van der Waals surface area contributed by atoms with Crippen LogP contribution >= 0.6 is 0 Å². The Kier molecular flexibility index (Phi) is 2.28. The maximum Gasteiger partial charge on any atom is 0.224 e. The molecule has 0 amide bonds. The predicted octanol–water partition coefficient (Wildman–Crippen LogP) is 0.853. The van der Waals surface area contributed by atoms with Crippen molar-refractivity contribution in [3.05, 3.63) is 11.4 Å². The summed E-state index contributed by atoms with van der Waals surface area (Å²) in [6.45, 7) is 0. The van der Waals surface area contributed by atoms with Crippen molar-refractivity contribution in [1.82, 2.24) is 19.9 Å². The molecule has 2 aromatic heterocycles. The smallest absolute Gasteiger partial charge is 0.224 e. The number of nitrogens with zero attached hydrogens (tertiary/aromatic N) is 4. The van der Waals surface area contributed by atoms with Crippen LogP contribution in [0.15, 0.2) is 0 Å². The van der Waals surface area contributed by atoms with Crippen LogP contribution in [0.3, 0.4) is 0 Å². The molecule has 0 fully saturated rings. The highest BCUT2D eigenvalue weighted by molar-refractivity contribution is 5.82. The highest BCUT2D eigenvalue weighted by atomic mass is 15.1. The molecular weight excluding hydrogens is 216 g/mol. The van der Waals surface area contributed by atoms with Gasteiger partial charge in [0.05, 0.1) is 11.4 Å². The molecular formula is C11H14N6. The average molecular weight is 230 g/mol. The van der Waals surface area contributed by atoms with Crippen LogP contribution in [0, 0.1) is 0 Å². The monoisotopic (exact) mass is 230 g/mol. The summed E-state index contributed by atoms with van der Waals surface area (Å²) in [6.07, 6.45) is 5.45. The van der Waals surface area contributed by atoms with Gasteiger partial charge in [0.2, 0.25) is 5.95 Å². The molecule has 2 heterocycles. The Bertz CT molecular complexity index is 580. The zero-order chi connectivity index (χ0) is 11.8. The zero-order valence-corrected chi connectivity index (χ0v) is 9.48. The SMILES string of the molecule is Nc1nc(N)c2nc3c(nc2n1)CCCCC3. The fraction of sp³-hybridized carbons (Fsp3) is 0.455. The molecule has 0 spiro atoms. The molecule has 0 radical (unpaired) electrons. The number of rotatable bonds is 0. The summed E-state index contributed by atoms with van der Waals surface area (Å²) in [5.41, 5.74) is 14.5. The molecule has 0 aliphatic heterocycles. The Hall–Kier alpha value is -1.98. The van der Waals surface area contributed by atoms with E-state index in [1.807, 2.05) is 0 Å². The largest absolute Gasteiger partial charge is 0.382 e. The van der Waals surface area contributed by atoms with Gasteiger partial charge in [-0.05, 0) is 25.7 Å². The van der Waals surface area contributed by atoms with Crippen LogP contribution in [-0.4, -0.2) is 19.9 Å². The fourth-order valence-electron chi connectivity index (χ4n) is 2.22. The number of aryl methyl sites for hydroxylation is 2. The van der Waals surface area contributed by atoms with E-state index in [1.54, 1.807) is 0 Å². The van der Waals surface area contributed by atoms with Gasteiger partial charge in [0.25, 0.3) is 0 Å². The van der Waals surface area contributed by atoms with Gasteiger partial charge in [-0.2, -0.15) is 9.97 Å². The number of anilines is 2. The van der Waals surface area contributed by atoms with Crippen molar-refractivity contribution in [2.45, 2.75) is 32.1 Å². The van der Waals surface area contributed by atoms with E-state index in [2.05, 4.69) is 19.9 Å². The molecule has 88 valence electrons. The normalized spacial score (nSPS) is 15.5. The van der Waals surface area contributed by atoms with Crippen LogP contribution in [0.2, 0.25) is 0 Å². The summed E-state index contributed by atoms with van der Waals surface area (Å²) in [6, 6.07) is 0. The molecule has 1 aliphatic carbocycles. The first-order valence-electron chi connectivity index (χ1n) is 5.82. The summed E-state index contributed by atoms with van der Waals surface area (Å²) in [4.78, 5) is 17.1. The van der Waals surface area contributed by atoms with Gasteiger partial charge in [-0.3, -0.25) is 0 Å². The van der Waals surface area contributed by atoms with E-state index in [9.17, 15) is 0 Å². The van der Waals surface area contributed by atoms with Crippen molar-refractivity contribution in [3.63, 3.8) is 0 Å². The van der Waals surface area contributed by atoms with E-state index in [0.717, 1.165) is 37.1 Å². The number of hydrogen-bond acceptors (Lipinski definition) is 6. The predicted molar refractivity (Wildman–Crippen MR) is 65.2 cm³/mol. The first-order valence-corrected chi connectivity index (χ1v) is 5.82. The minimum Gasteiger partial charge on any atom is -0.382 e. The maximum atomic E-state index is 5.80. The van der Waals surface area contributed by atoms with Gasteiger partial charge in [-0.25, -0.2) is 9.97 Å². The number of aromatic nitrogens is 4. The molecule has 0 saturated heterocycles. The van der Waals surface area contributed by atoms with Gasteiger partial charge in [-0.15, -0.1) is 0 Å². The third kappa shape index (κ3) is 1.75. The topological polar surface area (TPSA) is 104 Å². The van der Waals surface area contributed by atoms with Gasteiger partial charge in [0.1, 0.15) is 0 Å². The molecule has 17 heavy (non-hydrogen) atoms. The van der Waals surface area contributed by atoms with E-state index >= 15 is 0 Å². The van der Waals surface area contributed by atoms with Crippen molar-refractivity contribution < 1.29 is 0 Å². The molecule has 0 saturated carbocycles. The molecule has 4 N–H and O–H groups in total. The van der Waals surface area contributed by atoms with Gasteiger partial charge < -0.3 is 11.5 Å². The molecule has 6 nitrogen and oxygen atoms in total. The van der Waals surface area contributed by atoms with E-state index in [-0.39, 0.29) is 5.95 Å². The Morgan fingerprint density at radius 1 is 0.765 bits per heavy atom. The fourth-order valence-corrected chi connectivity index (χ4v) is 2.22. The summed E-state index contributed by atoms with van der Waals surface area (Å²) in [5, 5.41) is 0. The lowest BCUT2D eigenvalue weighted by Crippen LogP contribution is -2.07. The van der Waals surface area contributed by atoms with Crippen molar-refractivity contribution >= 4 is 22.9 Å². The highest BCUT2D eigenvalue weighted by Crippen LogP contribution is 2.22. The average Bonchev–Trinajstić information content (AvgIpc) is 2.51. The summed E-state index contributed by atoms with van der Waals surface area (Å²) >= 11 is 0. The maximum absolute atomic E-state index is 5.80. The van der Waals surface area contributed by atoms with E-state index in [1.165, 1.54) is 6.42 Å². The van der Waals surface area contributed by atoms with Crippen LogP contribution in [0.25, 0.3) is 11.2 Å². The third-order valence-electron chi connectivity index (χ3n) is 3.06. The first-order chi connectivity index (χ1) is 8.24. The van der Waals surface area contributed by atoms with Crippen LogP contribution in [0.4, 0.5) is 11.8 Å². The van der Waals surface area contributed by atoms with Gasteiger partial charge in [-0.1, -0.05) is 6.42 Å². The summed E-state index contributed by atoms with van der Waals surface area (Å²) in [5.74, 6) is 0.463. The molecule has 0 unspecified atom stereocenters. The molecule has 2 aromatic rings. The van der Waals surface area contributed by atoms with Crippen LogP contribution in [0.5, 0.6) is 0 Å². The van der Waals surface area contributed by atoms with E-state index in [4.69, 9.17) is 11.5 Å². The number of nitrogen functional groups attached to an aromatic ring is 2. The Labute approximate surface area is 98.5 Å². The summed E-state index contributed by atoms with van der Waals surface area (Å²) < 4.78 is 0. The quantitative estimate of drug-likeness (QED) is 0.650. The Balaban J connectivity index is 2.25. The van der Waals surface area contributed by atoms with Gasteiger partial charge in [0.15, 0.2) is 17.0 Å². The number of hydrogen-bond donors (Lipinski definition) is 2. The lowest BCUT2D eigenvalue weighted by atomic mass is 10.2. The van der Waals surface area contributed by atoms with E-state index in [0.29, 0.717) is 17.0 Å². The second-order valence-electron chi connectivity index (χ2n) is 4.32. The van der Waals surface area contributed by atoms with Crippen molar-refractivity contribution in [3.8, 4) is 0 Å². The molecule has 0 aromatic carbocycles. The molecule has 0 bridgehead atoms. The number of fused-ring (bicyclic) bond motifs is 2. The lowest BCUT2D eigenvalue weighted by Gasteiger charge is -2.07. The number of nitrogens with two attached hydrogens (primary N) is 2. The minimum absolute atomic E-state index is 0.151. The standard InChI is InChI=1S/C11H14N6/c12-9-8-10(17-11(13)16-9)15-7-5-3-1-2-4-6(7)14-8/h1-5H2,(H4,12,13,15,16,17). The molecule has 6 heteroatoms. The molecule has 1 aliphatic rings.